The summed E-state index contributed by atoms with van der Waals surface area (Å²) in [5.41, 5.74) is 1.67. The normalized spacial score (nSPS) is 10.9. The lowest BCUT2D eigenvalue weighted by Crippen LogP contribution is -2.16. The number of hydrogen-bond acceptors (Lipinski definition) is 3. The highest BCUT2D eigenvalue weighted by Crippen LogP contribution is 2.26. The van der Waals surface area contributed by atoms with Gasteiger partial charge in [0.1, 0.15) is 16.6 Å². The molecule has 0 aliphatic rings. The topological polar surface area (TPSA) is 24.9 Å². The van der Waals surface area contributed by atoms with Crippen LogP contribution in [0.2, 0.25) is 0 Å². The highest BCUT2D eigenvalue weighted by Gasteiger charge is 2.05. The van der Waals surface area contributed by atoms with Gasteiger partial charge in [0.25, 0.3) is 0 Å². The first-order valence-corrected chi connectivity index (χ1v) is 8.19. The number of hydrogen-bond donors (Lipinski definition) is 1. The lowest BCUT2D eigenvalue weighted by molar-refractivity contribution is 0.597. The van der Waals surface area contributed by atoms with Crippen LogP contribution in [-0.4, -0.2) is 11.5 Å². The van der Waals surface area contributed by atoms with Gasteiger partial charge in [0.15, 0.2) is 0 Å². The predicted octanol–water partition coefficient (Wildman–Crippen LogP) is 4.42. The number of aromatic nitrogens is 1. The summed E-state index contributed by atoms with van der Waals surface area (Å²) in [4.78, 5) is 5.38. The molecule has 0 radical (unpaired) electrons. The average Bonchev–Trinajstić information content (AvgIpc) is 3.03. The van der Waals surface area contributed by atoms with E-state index in [1.807, 2.05) is 6.07 Å². The van der Waals surface area contributed by atoms with Gasteiger partial charge in [-0.05, 0) is 42.3 Å². The summed E-state index contributed by atoms with van der Waals surface area (Å²) in [6.45, 7) is 1.33. The number of nitrogens with zero attached hydrogens (tertiary/aromatic N) is 1. The largest absolute Gasteiger partial charge is 0.310 e. The van der Waals surface area contributed by atoms with E-state index in [9.17, 15) is 8.78 Å². The molecule has 0 aliphatic heterocycles. The molecule has 1 heterocycles. The molecule has 1 aromatic heterocycles. The summed E-state index contributed by atoms with van der Waals surface area (Å²) < 4.78 is 26.4. The van der Waals surface area contributed by atoms with Crippen LogP contribution in [-0.2, 0) is 13.0 Å². The molecule has 3 rings (SSSR count). The van der Waals surface area contributed by atoms with Crippen LogP contribution in [0.5, 0.6) is 0 Å². The molecule has 23 heavy (non-hydrogen) atoms. The molecular formula is C18H16F2N2S. The van der Waals surface area contributed by atoms with E-state index >= 15 is 0 Å². The standard InChI is InChI=1S/C18H16F2N2S/c19-15-7-5-14(6-8-15)17-11-22-18(23-17)12-21-10-9-13-3-1-2-4-16(13)20/h1-8,11,21H,9-10,12H2. The molecule has 0 aliphatic carbocycles. The van der Waals surface area contributed by atoms with E-state index in [1.54, 1.807) is 41.8 Å². The van der Waals surface area contributed by atoms with Crippen molar-refractivity contribution in [3.63, 3.8) is 0 Å². The third-order valence-electron chi connectivity index (χ3n) is 3.49. The Bertz CT molecular complexity index is 769. The first kappa shape index (κ1) is 15.8. The molecular weight excluding hydrogens is 314 g/mol. The molecule has 3 aromatic rings. The molecule has 0 atom stereocenters. The maximum absolute atomic E-state index is 13.5. The highest BCUT2D eigenvalue weighted by molar-refractivity contribution is 7.15. The smallest absolute Gasteiger partial charge is 0.126 e. The Labute approximate surface area is 137 Å². The molecule has 118 valence electrons. The Morgan fingerprint density at radius 2 is 1.78 bits per heavy atom. The Hall–Kier alpha value is -2.11. The van der Waals surface area contributed by atoms with Crippen molar-refractivity contribution >= 4 is 11.3 Å². The zero-order valence-corrected chi connectivity index (χ0v) is 13.2. The summed E-state index contributed by atoms with van der Waals surface area (Å²) in [7, 11) is 0. The third kappa shape index (κ3) is 4.21. The van der Waals surface area contributed by atoms with E-state index in [0.717, 1.165) is 15.4 Å². The Kier molecular flexibility index (Phi) is 5.10. The van der Waals surface area contributed by atoms with Gasteiger partial charge in [-0.1, -0.05) is 30.3 Å². The van der Waals surface area contributed by atoms with Gasteiger partial charge < -0.3 is 5.32 Å². The fraction of sp³-hybridized carbons (Fsp3) is 0.167. The minimum Gasteiger partial charge on any atom is -0.310 e. The number of thiazole rings is 1. The monoisotopic (exact) mass is 330 g/mol. The van der Waals surface area contributed by atoms with Crippen molar-refractivity contribution < 1.29 is 8.78 Å². The van der Waals surface area contributed by atoms with Crippen LogP contribution in [0, 0.1) is 11.6 Å². The first-order valence-electron chi connectivity index (χ1n) is 7.37. The third-order valence-corrected chi connectivity index (χ3v) is 4.53. The molecule has 0 unspecified atom stereocenters. The van der Waals surface area contributed by atoms with Crippen molar-refractivity contribution in [3.8, 4) is 10.4 Å². The van der Waals surface area contributed by atoms with Crippen molar-refractivity contribution in [1.82, 2.24) is 10.3 Å². The molecule has 2 aromatic carbocycles. The van der Waals surface area contributed by atoms with Gasteiger partial charge >= 0.3 is 0 Å². The zero-order valence-electron chi connectivity index (χ0n) is 12.4. The molecule has 0 spiro atoms. The van der Waals surface area contributed by atoms with Crippen LogP contribution in [0.15, 0.2) is 54.7 Å². The van der Waals surface area contributed by atoms with E-state index in [-0.39, 0.29) is 11.6 Å². The van der Waals surface area contributed by atoms with E-state index in [1.165, 1.54) is 18.2 Å². The van der Waals surface area contributed by atoms with Crippen molar-refractivity contribution in [3.05, 3.63) is 76.9 Å². The molecule has 0 bridgehead atoms. The molecule has 0 fully saturated rings. The van der Waals surface area contributed by atoms with Gasteiger partial charge in [0, 0.05) is 12.7 Å². The lowest BCUT2D eigenvalue weighted by Gasteiger charge is -2.04. The fourth-order valence-corrected chi connectivity index (χ4v) is 3.15. The van der Waals surface area contributed by atoms with E-state index in [0.29, 0.717) is 25.1 Å². The molecule has 0 amide bonds. The minimum absolute atomic E-state index is 0.165. The Morgan fingerprint density at radius 1 is 1.00 bits per heavy atom. The summed E-state index contributed by atoms with van der Waals surface area (Å²) in [5, 5.41) is 4.23. The number of nitrogens with one attached hydrogen (secondary N) is 1. The molecule has 1 N–H and O–H groups in total. The second-order valence-electron chi connectivity index (χ2n) is 5.14. The lowest BCUT2D eigenvalue weighted by atomic mass is 10.1. The predicted molar refractivity (Wildman–Crippen MR) is 89.3 cm³/mol. The Morgan fingerprint density at radius 3 is 2.57 bits per heavy atom. The van der Waals surface area contributed by atoms with Crippen LogP contribution in [0.4, 0.5) is 8.78 Å². The van der Waals surface area contributed by atoms with Crippen molar-refractivity contribution in [2.24, 2.45) is 0 Å². The molecule has 2 nitrogen and oxygen atoms in total. The van der Waals surface area contributed by atoms with E-state index in [2.05, 4.69) is 10.3 Å². The van der Waals surface area contributed by atoms with Crippen molar-refractivity contribution in [1.29, 1.82) is 0 Å². The van der Waals surface area contributed by atoms with Gasteiger partial charge in [-0.3, -0.25) is 0 Å². The summed E-state index contributed by atoms with van der Waals surface area (Å²) in [6.07, 6.45) is 2.44. The van der Waals surface area contributed by atoms with E-state index in [4.69, 9.17) is 0 Å². The molecule has 5 heteroatoms. The maximum Gasteiger partial charge on any atom is 0.126 e. The second kappa shape index (κ2) is 7.44. The number of benzene rings is 2. The van der Waals surface area contributed by atoms with Crippen LogP contribution in [0.1, 0.15) is 10.6 Å². The average molecular weight is 330 g/mol. The maximum atomic E-state index is 13.5. The Balaban J connectivity index is 1.52. The summed E-state index contributed by atoms with van der Waals surface area (Å²) >= 11 is 1.57. The van der Waals surface area contributed by atoms with Crippen molar-refractivity contribution in [2.75, 3.05) is 6.54 Å². The van der Waals surface area contributed by atoms with Crippen LogP contribution in [0.25, 0.3) is 10.4 Å². The molecule has 0 saturated heterocycles. The van der Waals surface area contributed by atoms with Crippen LogP contribution >= 0.6 is 11.3 Å². The minimum atomic E-state index is -0.242. The summed E-state index contributed by atoms with van der Waals surface area (Å²) in [6, 6.07) is 13.2. The number of halogens is 2. The zero-order chi connectivity index (χ0) is 16.1. The van der Waals surface area contributed by atoms with Gasteiger partial charge in [0.05, 0.1) is 4.88 Å². The first-order chi connectivity index (χ1) is 11.2. The quantitative estimate of drug-likeness (QED) is 0.677. The van der Waals surface area contributed by atoms with Crippen molar-refractivity contribution in [2.45, 2.75) is 13.0 Å². The van der Waals surface area contributed by atoms with Gasteiger partial charge in [0.2, 0.25) is 0 Å². The van der Waals surface area contributed by atoms with Gasteiger partial charge in [-0.15, -0.1) is 11.3 Å². The summed E-state index contributed by atoms with van der Waals surface area (Å²) in [5.74, 6) is -0.407. The van der Waals surface area contributed by atoms with Crippen LogP contribution in [0.3, 0.4) is 0 Å². The van der Waals surface area contributed by atoms with E-state index < -0.39 is 0 Å². The SMILES string of the molecule is Fc1ccc(-c2cnc(CNCCc3ccccc3F)s2)cc1. The molecule has 0 saturated carbocycles. The van der Waals surface area contributed by atoms with Gasteiger partial charge in [-0.25, -0.2) is 13.8 Å². The van der Waals surface area contributed by atoms with Crippen LogP contribution < -0.4 is 5.32 Å². The highest BCUT2D eigenvalue weighted by atomic mass is 32.1. The fourth-order valence-electron chi connectivity index (χ4n) is 2.26. The number of rotatable bonds is 6. The second-order valence-corrected chi connectivity index (χ2v) is 6.26. The van der Waals surface area contributed by atoms with Gasteiger partial charge in [-0.2, -0.15) is 0 Å².